The number of fused-ring (bicyclic) bond motifs is 3. The molecular weight excluding hydrogens is 423 g/mol. The van der Waals surface area contributed by atoms with Gasteiger partial charge in [-0.1, -0.05) is 18.3 Å². The lowest BCUT2D eigenvalue weighted by molar-refractivity contribution is -0.129. The second-order valence-electron chi connectivity index (χ2n) is 9.05. The van der Waals surface area contributed by atoms with Crippen LogP contribution in [-0.2, 0) is 9.59 Å². The zero-order chi connectivity index (χ0) is 23.4. The van der Waals surface area contributed by atoms with Crippen LogP contribution in [0.1, 0.15) is 35.2 Å². The van der Waals surface area contributed by atoms with Crippen molar-refractivity contribution in [1.29, 1.82) is 0 Å². The Kier molecular flexibility index (Phi) is 5.32. The summed E-state index contributed by atoms with van der Waals surface area (Å²) in [7, 11) is 0. The van der Waals surface area contributed by atoms with Crippen LogP contribution < -0.4 is 26.2 Å². The molecule has 2 aliphatic heterocycles. The number of primary amides is 1. The van der Waals surface area contributed by atoms with Gasteiger partial charge in [-0.25, -0.2) is 4.79 Å². The van der Waals surface area contributed by atoms with E-state index in [2.05, 4.69) is 5.32 Å². The third-order valence-corrected chi connectivity index (χ3v) is 6.16. The number of amides is 2. The van der Waals surface area contributed by atoms with E-state index in [0.29, 0.717) is 25.1 Å². The molecule has 0 radical (unpaired) electrons. The number of carboxylic acids is 1. The van der Waals surface area contributed by atoms with E-state index < -0.39 is 35.9 Å². The average molecular weight is 449 g/mol. The summed E-state index contributed by atoms with van der Waals surface area (Å²) in [5, 5.41) is 32.3. The predicted octanol–water partition coefficient (Wildman–Crippen LogP) is -2.06. The molecule has 0 bridgehead atoms. The van der Waals surface area contributed by atoms with E-state index in [0.717, 1.165) is 0 Å². The third-order valence-electron chi connectivity index (χ3n) is 6.16. The van der Waals surface area contributed by atoms with Gasteiger partial charge in [0.05, 0.1) is 12.3 Å². The molecule has 174 valence electrons. The summed E-state index contributed by atoms with van der Waals surface area (Å²) >= 11 is 0. The molecule has 12 nitrogen and oxygen atoms in total. The van der Waals surface area contributed by atoms with Gasteiger partial charge in [-0.05, 0) is 24.5 Å². The zero-order valence-electron chi connectivity index (χ0n) is 17.5. The Hall–Kier alpha value is -2.87. The van der Waals surface area contributed by atoms with Gasteiger partial charge in [-0.15, -0.1) is 0 Å². The molecule has 3 aliphatic rings. The van der Waals surface area contributed by atoms with Gasteiger partial charge >= 0.3 is 12.7 Å². The summed E-state index contributed by atoms with van der Waals surface area (Å²) in [4.78, 5) is 36.7. The molecule has 1 aliphatic carbocycles. The molecule has 1 saturated heterocycles. The summed E-state index contributed by atoms with van der Waals surface area (Å²) in [6.07, 6.45) is 0.174. The second kappa shape index (κ2) is 7.62. The SMILES string of the molecule is C[C@](N)(CN1CC(Oc2ccc3c(c2C(=O)O)O[B-](O)(O)[C@@H]2C[C@H]32)C1)C(=O)NCC(N)=O. The van der Waals surface area contributed by atoms with Crippen LogP contribution in [0.15, 0.2) is 12.1 Å². The Labute approximate surface area is 183 Å². The first kappa shape index (κ1) is 22.3. The molecule has 32 heavy (non-hydrogen) atoms. The molecule has 0 unspecified atom stereocenters. The lowest BCUT2D eigenvalue weighted by Gasteiger charge is -2.43. The number of benzene rings is 1. The number of rotatable bonds is 8. The van der Waals surface area contributed by atoms with Crippen LogP contribution in [0.5, 0.6) is 11.5 Å². The van der Waals surface area contributed by atoms with Crippen molar-refractivity contribution < 1.29 is 38.9 Å². The maximum atomic E-state index is 12.1. The van der Waals surface area contributed by atoms with Crippen molar-refractivity contribution in [3.8, 4) is 11.5 Å². The van der Waals surface area contributed by atoms with Gasteiger partial charge < -0.3 is 41.3 Å². The van der Waals surface area contributed by atoms with E-state index >= 15 is 0 Å². The van der Waals surface area contributed by atoms with Crippen molar-refractivity contribution in [3.63, 3.8) is 0 Å². The first-order chi connectivity index (χ1) is 14.9. The molecule has 2 amide bonds. The maximum absolute atomic E-state index is 12.1. The van der Waals surface area contributed by atoms with Gasteiger partial charge in [0.1, 0.15) is 23.0 Å². The predicted molar refractivity (Wildman–Crippen MR) is 111 cm³/mol. The molecule has 2 heterocycles. The Morgan fingerprint density at radius 3 is 2.66 bits per heavy atom. The van der Waals surface area contributed by atoms with E-state index in [1.807, 2.05) is 4.90 Å². The lowest BCUT2D eigenvalue weighted by Crippen LogP contribution is -2.64. The quantitative estimate of drug-likeness (QED) is 0.240. The molecule has 0 spiro atoms. The molecule has 4 rings (SSSR count). The average Bonchev–Trinajstić information content (AvgIpc) is 3.45. The number of nitrogens with two attached hydrogens (primary N) is 2. The number of hydrogen-bond acceptors (Lipinski definition) is 9. The van der Waals surface area contributed by atoms with Gasteiger partial charge in [0.15, 0.2) is 0 Å². The highest BCUT2D eigenvalue weighted by atomic mass is 16.6. The van der Waals surface area contributed by atoms with Crippen molar-refractivity contribution in [1.82, 2.24) is 10.2 Å². The minimum Gasteiger partial charge on any atom is -0.669 e. The second-order valence-corrected chi connectivity index (χ2v) is 9.05. The van der Waals surface area contributed by atoms with E-state index in [1.54, 1.807) is 12.1 Å². The Bertz CT molecular complexity index is 978. The normalized spacial score (nSPS) is 25.2. The van der Waals surface area contributed by atoms with Crippen LogP contribution in [0.2, 0.25) is 5.82 Å². The highest BCUT2D eigenvalue weighted by Gasteiger charge is 2.55. The van der Waals surface area contributed by atoms with E-state index in [1.165, 1.54) is 6.92 Å². The van der Waals surface area contributed by atoms with Crippen LogP contribution in [0.25, 0.3) is 0 Å². The van der Waals surface area contributed by atoms with E-state index in [-0.39, 0.29) is 42.2 Å². The molecule has 0 aromatic heterocycles. The first-order valence-corrected chi connectivity index (χ1v) is 10.3. The zero-order valence-corrected chi connectivity index (χ0v) is 17.5. The Balaban J connectivity index is 1.40. The molecule has 8 N–H and O–H groups in total. The van der Waals surface area contributed by atoms with Gasteiger partial charge in [0, 0.05) is 19.6 Å². The molecule has 1 aromatic rings. The smallest absolute Gasteiger partial charge is 0.434 e. The minimum atomic E-state index is -3.11. The Morgan fingerprint density at radius 2 is 2.03 bits per heavy atom. The number of nitrogens with one attached hydrogen (secondary N) is 1. The Morgan fingerprint density at radius 1 is 1.34 bits per heavy atom. The van der Waals surface area contributed by atoms with Crippen LogP contribution in [-0.4, -0.2) is 82.4 Å². The lowest BCUT2D eigenvalue weighted by atomic mass is 9.68. The van der Waals surface area contributed by atoms with Gasteiger partial charge in [0.2, 0.25) is 11.8 Å². The fourth-order valence-electron chi connectivity index (χ4n) is 4.42. The number of carbonyl (C=O) groups excluding carboxylic acids is 2. The number of likely N-dealkylation sites (tertiary alicyclic amines) is 1. The van der Waals surface area contributed by atoms with Crippen molar-refractivity contribution in [3.05, 3.63) is 23.3 Å². The van der Waals surface area contributed by atoms with Crippen molar-refractivity contribution >= 4 is 24.5 Å². The number of carboxylic acid groups (broad SMARTS) is 1. The van der Waals surface area contributed by atoms with Crippen molar-refractivity contribution in [2.45, 2.75) is 36.7 Å². The molecular formula is C19H26BN4O8-. The fraction of sp³-hybridized carbons (Fsp3) is 0.526. The van der Waals surface area contributed by atoms with Crippen molar-refractivity contribution in [2.75, 3.05) is 26.2 Å². The van der Waals surface area contributed by atoms with Crippen LogP contribution >= 0.6 is 0 Å². The number of nitrogens with zero attached hydrogens (tertiary/aromatic N) is 1. The summed E-state index contributed by atoms with van der Waals surface area (Å²) in [5.41, 5.74) is 10.2. The molecule has 2 fully saturated rings. The number of carbonyl (C=O) groups is 3. The number of aromatic carboxylic acids is 1. The summed E-state index contributed by atoms with van der Waals surface area (Å²) in [5.74, 6) is -3.02. The number of hydrogen-bond donors (Lipinski definition) is 6. The number of ether oxygens (including phenoxy) is 1. The van der Waals surface area contributed by atoms with Crippen LogP contribution in [0, 0.1) is 0 Å². The highest BCUT2D eigenvalue weighted by Crippen LogP contribution is 2.63. The topological polar surface area (TPSA) is 198 Å². The molecule has 13 heteroatoms. The minimum absolute atomic E-state index is 0.0596. The van der Waals surface area contributed by atoms with Gasteiger partial charge in [-0.2, -0.15) is 0 Å². The molecule has 3 atom stereocenters. The first-order valence-electron chi connectivity index (χ1n) is 10.3. The van der Waals surface area contributed by atoms with Crippen LogP contribution in [0.4, 0.5) is 0 Å². The summed E-state index contributed by atoms with van der Waals surface area (Å²) in [6, 6.07) is 3.26. The molecule has 1 aromatic carbocycles. The maximum Gasteiger partial charge on any atom is 0.434 e. The van der Waals surface area contributed by atoms with Gasteiger partial charge in [-0.3, -0.25) is 14.5 Å². The largest absolute Gasteiger partial charge is 0.669 e. The highest BCUT2D eigenvalue weighted by molar-refractivity contribution is 6.62. The van der Waals surface area contributed by atoms with E-state index in [9.17, 15) is 29.5 Å². The summed E-state index contributed by atoms with van der Waals surface area (Å²) < 4.78 is 11.1. The fourth-order valence-corrected chi connectivity index (χ4v) is 4.42. The molecule has 1 saturated carbocycles. The third kappa shape index (κ3) is 4.11. The summed E-state index contributed by atoms with van der Waals surface area (Å²) in [6.45, 7) is -0.903. The van der Waals surface area contributed by atoms with Gasteiger partial charge in [0.25, 0.3) is 0 Å². The van der Waals surface area contributed by atoms with Crippen LogP contribution in [0.3, 0.4) is 0 Å². The van der Waals surface area contributed by atoms with Crippen molar-refractivity contribution in [2.24, 2.45) is 11.5 Å². The van der Waals surface area contributed by atoms with E-state index in [4.69, 9.17) is 20.9 Å². The monoisotopic (exact) mass is 449 g/mol. The standard InChI is InChI=1S/C19H26BN4O8/c1-19(22,18(28)23-5-14(21)25)8-24-6-9(7-24)31-13-3-2-10-11-4-12(11)20(29,30)32-16(10)15(13)17(26)27/h2-3,9,11-12,29-30H,4-8,22H2,1H3,(H2,21,25)(H,23,28)(H,26,27)/q-1/t11-,12-,19+/m1/s1.